The van der Waals surface area contributed by atoms with Crippen molar-refractivity contribution in [2.24, 2.45) is 0 Å². The summed E-state index contributed by atoms with van der Waals surface area (Å²) < 4.78 is 17.3. The lowest BCUT2D eigenvalue weighted by molar-refractivity contribution is -0.887. The van der Waals surface area contributed by atoms with Crippen molar-refractivity contribution in [3.63, 3.8) is 0 Å². The number of unbranched alkanes of at least 4 members (excludes halogenated alkanes) is 29. The van der Waals surface area contributed by atoms with Crippen LogP contribution in [0.25, 0.3) is 0 Å². The van der Waals surface area contributed by atoms with Gasteiger partial charge in [-0.15, -0.1) is 0 Å². The van der Waals surface area contributed by atoms with Crippen molar-refractivity contribution in [1.82, 2.24) is 0 Å². The van der Waals surface area contributed by atoms with E-state index in [0.717, 1.165) is 51.4 Å². The Hall–Kier alpha value is -1.93. The maximum Gasteiger partial charge on any atom is 0.362 e. The fraction of sp³-hybridized carbons (Fsp3) is 0.900. The molecular formula is C50H96NO7+. The van der Waals surface area contributed by atoms with Crippen LogP contribution in [-0.4, -0.2) is 80.6 Å². The Labute approximate surface area is 359 Å². The number of quaternary nitrogens is 1. The largest absolute Gasteiger partial charge is 0.477 e. The number of esters is 2. The Balaban J connectivity index is 4.26. The molecule has 0 bridgehead atoms. The maximum atomic E-state index is 12.8. The Morgan fingerprint density at radius 2 is 0.862 bits per heavy atom. The SMILES string of the molecule is CCCCCCCCCCC/C=C/CCCCCCCC(=O)OC(COCCC(C(=O)O)[N+](C)(C)C)COC(=O)CCCCCCCCCCCCCCCCCC. The first-order valence-corrected chi connectivity index (χ1v) is 24.7. The average molecular weight is 823 g/mol. The second-order valence-electron chi connectivity index (χ2n) is 18.1. The minimum absolute atomic E-state index is 0.0479. The van der Waals surface area contributed by atoms with E-state index >= 15 is 0 Å². The number of allylic oxidation sites excluding steroid dienone is 2. The standard InChI is InChI=1S/C50H95NO7/c1-6-8-10-12-14-16-18-20-22-24-25-27-29-31-33-35-37-39-41-49(53)58-46(44-56-43-42-47(50(54)55)51(3,4)5)45-57-48(52)40-38-36-34-32-30-28-26-23-21-19-17-15-13-11-9-7-2/h25,27,46-47H,6-24,26,28-45H2,1-5H3/p+1/b27-25+. The van der Waals surface area contributed by atoms with Gasteiger partial charge >= 0.3 is 17.9 Å². The third-order valence-electron chi connectivity index (χ3n) is 11.4. The molecule has 342 valence electrons. The summed E-state index contributed by atoms with van der Waals surface area (Å²) in [6.45, 7) is 4.77. The molecule has 8 heteroatoms. The molecule has 0 radical (unpaired) electrons. The van der Waals surface area contributed by atoms with Crippen LogP contribution in [0.4, 0.5) is 0 Å². The molecule has 8 nitrogen and oxygen atoms in total. The van der Waals surface area contributed by atoms with Crippen LogP contribution < -0.4 is 0 Å². The minimum atomic E-state index is -0.872. The van der Waals surface area contributed by atoms with Gasteiger partial charge in [0.15, 0.2) is 12.1 Å². The molecule has 0 aliphatic carbocycles. The summed E-state index contributed by atoms with van der Waals surface area (Å²) in [7, 11) is 5.54. The number of likely N-dealkylation sites (N-methyl/N-ethyl adjacent to an activating group) is 1. The molecule has 0 rings (SSSR count). The highest BCUT2D eigenvalue weighted by atomic mass is 16.6. The van der Waals surface area contributed by atoms with E-state index in [1.54, 1.807) is 0 Å². The van der Waals surface area contributed by atoms with Crippen molar-refractivity contribution in [1.29, 1.82) is 0 Å². The number of carboxylic acid groups (broad SMARTS) is 1. The van der Waals surface area contributed by atoms with Crippen molar-refractivity contribution in [2.75, 3.05) is 41.0 Å². The summed E-state index contributed by atoms with van der Waals surface area (Å²) >= 11 is 0. The normalized spacial score (nSPS) is 12.9. The number of nitrogens with zero attached hydrogens (tertiary/aromatic N) is 1. The van der Waals surface area contributed by atoms with E-state index in [-0.39, 0.29) is 36.2 Å². The highest BCUT2D eigenvalue weighted by Crippen LogP contribution is 2.16. The van der Waals surface area contributed by atoms with Crippen LogP contribution in [0.1, 0.15) is 239 Å². The number of carbonyl (C=O) groups is 3. The number of carboxylic acids is 1. The third kappa shape index (κ3) is 39.5. The molecule has 0 saturated carbocycles. The van der Waals surface area contributed by atoms with E-state index in [2.05, 4.69) is 26.0 Å². The maximum absolute atomic E-state index is 12.8. The molecule has 0 saturated heterocycles. The van der Waals surface area contributed by atoms with Crippen molar-refractivity contribution in [3.8, 4) is 0 Å². The van der Waals surface area contributed by atoms with Gasteiger partial charge in [-0.2, -0.15) is 0 Å². The first kappa shape index (κ1) is 56.1. The fourth-order valence-electron chi connectivity index (χ4n) is 7.56. The molecule has 0 spiro atoms. The molecule has 2 unspecified atom stereocenters. The van der Waals surface area contributed by atoms with Crippen LogP contribution in [0, 0.1) is 0 Å². The molecule has 0 aromatic heterocycles. The van der Waals surface area contributed by atoms with Crippen LogP contribution in [0.15, 0.2) is 12.2 Å². The molecule has 0 aliphatic heterocycles. The molecule has 0 fully saturated rings. The van der Waals surface area contributed by atoms with Crippen LogP contribution in [0.5, 0.6) is 0 Å². The predicted octanol–water partition coefficient (Wildman–Crippen LogP) is 13.9. The zero-order valence-corrected chi connectivity index (χ0v) is 39.0. The Morgan fingerprint density at radius 1 is 0.500 bits per heavy atom. The van der Waals surface area contributed by atoms with Gasteiger partial charge in [-0.25, -0.2) is 4.79 Å². The molecule has 58 heavy (non-hydrogen) atoms. The molecule has 0 aliphatic rings. The van der Waals surface area contributed by atoms with Gasteiger partial charge in [0.2, 0.25) is 0 Å². The highest BCUT2D eigenvalue weighted by Gasteiger charge is 2.31. The Bertz CT molecular complexity index is 962. The van der Waals surface area contributed by atoms with Crippen LogP contribution >= 0.6 is 0 Å². The molecular weight excluding hydrogens is 727 g/mol. The zero-order valence-electron chi connectivity index (χ0n) is 39.0. The number of ether oxygens (including phenoxy) is 3. The lowest BCUT2D eigenvalue weighted by Gasteiger charge is -2.31. The Kier molecular flexibility index (Phi) is 40.4. The minimum Gasteiger partial charge on any atom is -0.477 e. The first-order chi connectivity index (χ1) is 28.1. The summed E-state index contributed by atoms with van der Waals surface area (Å²) in [5, 5.41) is 9.64. The molecule has 0 amide bonds. The molecule has 0 aromatic carbocycles. The first-order valence-electron chi connectivity index (χ1n) is 24.7. The van der Waals surface area contributed by atoms with Gasteiger partial charge in [0, 0.05) is 19.3 Å². The fourth-order valence-corrected chi connectivity index (χ4v) is 7.56. The van der Waals surface area contributed by atoms with E-state index in [1.165, 1.54) is 154 Å². The van der Waals surface area contributed by atoms with Gasteiger partial charge in [-0.05, 0) is 38.5 Å². The predicted molar refractivity (Wildman–Crippen MR) is 243 cm³/mol. The number of aliphatic carboxylic acids is 1. The van der Waals surface area contributed by atoms with Crippen molar-refractivity contribution in [3.05, 3.63) is 12.2 Å². The molecule has 0 heterocycles. The zero-order chi connectivity index (χ0) is 42.8. The van der Waals surface area contributed by atoms with Gasteiger partial charge < -0.3 is 23.8 Å². The van der Waals surface area contributed by atoms with Crippen molar-refractivity contribution < 1.29 is 38.2 Å². The lowest BCUT2D eigenvalue weighted by Crippen LogP contribution is -2.50. The van der Waals surface area contributed by atoms with E-state index in [4.69, 9.17) is 14.2 Å². The van der Waals surface area contributed by atoms with E-state index in [0.29, 0.717) is 19.3 Å². The third-order valence-corrected chi connectivity index (χ3v) is 11.4. The van der Waals surface area contributed by atoms with Crippen molar-refractivity contribution >= 4 is 17.9 Å². The highest BCUT2D eigenvalue weighted by molar-refractivity contribution is 5.72. The van der Waals surface area contributed by atoms with Gasteiger partial charge in [0.25, 0.3) is 0 Å². The van der Waals surface area contributed by atoms with Crippen LogP contribution in [0.2, 0.25) is 0 Å². The number of hydrogen-bond donors (Lipinski definition) is 1. The van der Waals surface area contributed by atoms with Crippen LogP contribution in [0.3, 0.4) is 0 Å². The van der Waals surface area contributed by atoms with E-state index in [1.807, 2.05) is 21.1 Å². The van der Waals surface area contributed by atoms with Gasteiger partial charge in [0.05, 0.1) is 34.4 Å². The van der Waals surface area contributed by atoms with Gasteiger partial charge in [-0.3, -0.25) is 9.59 Å². The molecule has 2 atom stereocenters. The van der Waals surface area contributed by atoms with E-state index in [9.17, 15) is 19.5 Å². The summed E-state index contributed by atoms with van der Waals surface area (Å²) in [4.78, 5) is 37.1. The summed E-state index contributed by atoms with van der Waals surface area (Å²) in [5.41, 5.74) is 0. The molecule has 0 aromatic rings. The summed E-state index contributed by atoms with van der Waals surface area (Å²) in [5.74, 6) is -1.46. The van der Waals surface area contributed by atoms with E-state index < -0.39 is 18.1 Å². The number of rotatable bonds is 45. The summed E-state index contributed by atoms with van der Waals surface area (Å²) in [6, 6.07) is -0.612. The van der Waals surface area contributed by atoms with Gasteiger partial charge in [0.1, 0.15) is 6.61 Å². The summed E-state index contributed by atoms with van der Waals surface area (Å²) in [6.07, 6.45) is 45.4. The van der Waals surface area contributed by atoms with Crippen LogP contribution in [-0.2, 0) is 28.6 Å². The number of hydrogen-bond acceptors (Lipinski definition) is 6. The topological polar surface area (TPSA) is 99.1 Å². The second kappa shape index (κ2) is 41.8. The number of carbonyl (C=O) groups excluding carboxylic acids is 2. The average Bonchev–Trinajstić information content (AvgIpc) is 3.18. The smallest absolute Gasteiger partial charge is 0.362 e. The quantitative estimate of drug-likeness (QED) is 0.0283. The molecule has 1 N–H and O–H groups in total. The second-order valence-corrected chi connectivity index (χ2v) is 18.1. The lowest BCUT2D eigenvalue weighted by atomic mass is 10.0. The monoisotopic (exact) mass is 823 g/mol. The van der Waals surface area contributed by atoms with Crippen molar-refractivity contribution in [2.45, 2.75) is 251 Å². The Morgan fingerprint density at radius 3 is 1.24 bits per heavy atom. The van der Waals surface area contributed by atoms with Gasteiger partial charge in [-0.1, -0.05) is 193 Å².